The monoisotopic (exact) mass is 480 g/mol. The number of aliphatic carboxylic acids is 1. The molecule has 3 unspecified atom stereocenters. The Morgan fingerprint density at radius 2 is 1.66 bits per heavy atom. The van der Waals surface area contributed by atoms with Crippen LogP contribution in [0.1, 0.15) is 49.7 Å². The zero-order chi connectivity index (χ0) is 25.0. The predicted octanol–water partition coefficient (Wildman–Crippen LogP) is 3.69. The summed E-state index contributed by atoms with van der Waals surface area (Å²) in [4.78, 5) is 37.3. The Balaban J connectivity index is 1.40. The third kappa shape index (κ3) is 5.32. The molecule has 1 saturated carbocycles. The lowest BCUT2D eigenvalue weighted by atomic mass is 9.85. The van der Waals surface area contributed by atoms with E-state index in [1.165, 1.54) is 7.11 Å². The average molecular weight is 481 g/mol. The van der Waals surface area contributed by atoms with E-state index < -0.39 is 29.4 Å². The van der Waals surface area contributed by atoms with Crippen molar-refractivity contribution in [3.8, 4) is 11.1 Å². The van der Waals surface area contributed by atoms with Crippen LogP contribution < -0.4 is 10.6 Å². The molecule has 1 fully saturated rings. The Morgan fingerprint density at radius 3 is 2.26 bits per heavy atom. The topological polar surface area (TPSA) is 114 Å². The number of alkyl carbamates (subject to hydrolysis) is 1. The SMILES string of the molecule is COCC(C)(NC(=O)OCC1c2ccccc2-c2ccccc21)C(=O)NC1CCCC(C(=O)O)C1. The maximum Gasteiger partial charge on any atom is 0.408 e. The molecule has 3 N–H and O–H groups in total. The second kappa shape index (κ2) is 10.5. The van der Waals surface area contributed by atoms with Crippen LogP contribution in [-0.2, 0) is 19.1 Å². The van der Waals surface area contributed by atoms with E-state index in [4.69, 9.17) is 9.47 Å². The van der Waals surface area contributed by atoms with Crippen molar-refractivity contribution in [2.75, 3.05) is 20.3 Å². The number of methoxy groups -OCH3 is 1. The normalized spacial score (nSPS) is 20.7. The molecule has 4 rings (SSSR count). The second-order valence-electron chi connectivity index (χ2n) is 9.59. The minimum atomic E-state index is -1.37. The first kappa shape index (κ1) is 24.7. The van der Waals surface area contributed by atoms with Gasteiger partial charge in [0.1, 0.15) is 12.1 Å². The summed E-state index contributed by atoms with van der Waals surface area (Å²) in [7, 11) is 1.45. The van der Waals surface area contributed by atoms with Gasteiger partial charge < -0.3 is 25.2 Å². The number of carbonyl (C=O) groups is 3. The van der Waals surface area contributed by atoms with E-state index in [2.05, 4.69) is 22.8 Å². The molecule has 2 aromatic carbocycles. The molecule has 0 aliphatic heterocycles. The van der Waals surface area contributed by atoms with E-state index in [1.807, 2.05) is 36.4 Å². The van der Waals surface area contributed by atoms with Gasteiger partial charge >= 0.3 is 12.1 Å². The summed E-state index contributed by atoms with van der Waals surface area (Å²) in [6.45, 7) is 1.65. The molecule has 0 spiro atoms. The minimum absolute atomic E-state index is 0.0574. The summed E-state index contributed by atoms with van der Waals surface area (Å²) in [5.74, 6) is -1.84. The van der Waals surface area contributed by atoms with Crippen LogP contribution in [0.2, 0.25) is 0 Å². The molecule has 186 valence electrons. The summed E-state index contributed by atoms with van der Waals surface area (Å²) < 4.78 is 10.8. The van der Waals surface area contributed by atoms with Gasteiger partial charge in [0.2, 0.25) is 5.91 Å². The van der Waals surface area contributed by atoms with Crippen molar-refractivity contribution < 1.29 is 29.0 Å². The number of ether oxygens (including phenoxy) is 2. The van der Waals surface area contributed by atoms with E-state index in [0.29, 0.717) is 19.3 Å². The molecule has 2 amide bonds. The van der Waals surface area contributed by atoms with Crippen molar-refractivity contribution in [2.24, 2.45) is 5.92 Å². The van der Waals surface area contributed by atoms with Crippen LogP contribution in [0.25, 0.3) is 11.1 Å². The van der Waals surface area contributed by atoms with Crippen LogP contribution in [-0.4, -0.2) is 55.0 Å². The Bertz CT molecular complexity index is 1060. The molecular weight excluding hydrogens is 448 g/mol. The molecule has 2 aromatic rings. The zero-order valence-corrected chi connectivity index (χ0v) is 20.1. The number of amides is 2. The average Bonchev–Trinajstić information content (AvgIpc) is 3.16. The molecule has 8 nitrogen and oxygen atoms in total. The van der Waals surface area contributed by atoms with Gasteiger partial charge in [0.15, 0.2) is 0 Å². The molecule has 2 aliphatic rings. The molecule has 2 aliphatic carbocycles. The number of benzene rings is 2. The van der Waals surface area contributed by atoms with Crippen molar-refractivity contribution in [1.29, 1.82) is 0 Å². The highest BCUT2D eigenvalue weighted by molar-refractivity contribution is 5.90. The second-order valence-corrected chi connectivity index (χ2v) is 9.59. The molecule has 0 heterocycles. The maximum atomic E-state index is 13.1. The van der Waals surface area contributed by atoms with Gasteiger partial charge in [-0.3, -0.25) is 9.59 Å². The Labute approximate surface area is 205 Å². The molecule has 8 heteroatoms. The highest BCUT2D eigenvalue weighted by Gasteiger charge is 2.39. The van der Waals surface area contributed by atoms with Gasteiger partial charge in [0.25, 0.3) is 0 Å². The summed E-state index contributed by atoms with van der Waals surface area (Å²) in [5.41, 5.74) is 3.10. The third-order valence-electron chi connectivity index (χ3n) is 7.01. The lowest BCUT2D eigenvalue weighted by molar-refractivity contribution is -0.143. The van der Waals surface area contributed by atoms with E-state index in [1.54, 1.807) is 6.92 Å². The number of hydrogen-bond donors (Lipinski definition) is 3. The fraction of sp³-hybridized carbons (Fsp3) is 0.444. The van der Waals surface area contributed by atoms with Crippen LogP contribution in [0.4, 0.5) is 4.79 Å². The number of hydrogen-bond acceptors (Lipinski definition) is 5. The Morgan fingerprint density at radius 1 is 1.03 bits per heavy atom. The Kier molecular flexibility index (Phi) is 7.40. The lowest BCUT2D eigenvalue weighted by Crippen LogP contribution is -2.61. The maximum absolute atomic E-state index is 13.1. The quantitative estimate of drug-likeness (QED) is 0.531. The summed E-state index contributed by atoms with van der Waals surface area (Å²) in [5, 5.41) is 14.9. The summed E-state index contributed by atoms with van der Waals surface area (Å²) in [6, 6.07) is 15.9. The fourth-order valence-electron chi connectivity index (χ4n) is 5.20. The largest absolute Gasteiger partial charge is 0.481 e. The number of nitrogens with one attached hydrogen (secondary N) is 2. The molecule has 35 heavy (non-hydrogen) atoms. The van der Waals surface area contributed by atoms with Gasteiger partial charge in [-0.2, -0.15) is 0 Å². The number of rotatable bonds is 8. The van der Waals surface area contributed by atoms with Crippen molar-refractivity contribution >= 4 is 18.0 Å². The summed E-state index contributed by atoms with van der Waals surface area (Å²) >= 11 is 0. The smallest absolute Gasteiger partial charge is 0.408 e. The van der Waals surface area contributed by atoms with Crippen molar-refractivity contribution in [1.82, 2.24) is 10.6 Å². The van der Waals surface area contributed by atoms with Crippen LogP contribution in [0.3, 0.4) is 0 Å². The van der Waals surface area contributed by atoms with Crippen molar-refractivity contribution in [2.45, 2.75) is 50.1 Å². The molecule has 3 atom stereocenters. The van der Waals surface area contributed by atoms with Crippen LogP contribution in [0.15, 0.2) is 48.5 Å². The number of carbonyl (C=O) groups excluding carboxylic acids is 2. The van der Waals surface area contributed by atoms with Crippen LogP contribution in [0, 0.1) is 5.92 Å². The molecule has 0 radical (unpaired) electrons. The number of carboxylic acids is 1. The van der Waals surface area contributed by atoms with Crippen LogP contribution in [0.5, 0.6) is 0 Å². The first-order chi connectivity index (χ1) is 16.8. The number of carboxylic acid groups (broad SMARTS) is 1. The highest BCUT2D eigenvalue weighted by Crippen LogP contribution is 2.44. The van der Waals surface area contributed by atoms with E-state index in [-0.39, 0.29) is 25.2 Å². The van der Waals surface area contributed by atoms with E-state index >= 15 is 0 Å². The van der Waals surface area contributed by atoms with Gasteiger partial charge in [-0.15, -0.1) is 0 Å². The van der Waals surface area contributed by atoms with E-state index in [9.17, 15) is 19.5 Å². The lowest BCUT2D eigenvalue weighted by Gasteiger charge is -2.33. The minimum Gasteiger partial charge on any atom is -0.481 e. The van der Waals surface area contributed by atoms with Crippen molar-refractivity contribution in [3.63, 3.8) is 0 Å². The van der Waals surface area contributed by atoms with Gasteiger partial charge in [-0.05, 0) is 48.4 Å². The van der Waals surface area contributed by atoms with Gasteiger partial charge in [0.05, 0.1) is 12.5 Å². The fourth-order valence-corrected chi connectivity index (χ4v) is 5.20. The predicted molar refractivity (Wildman–Crippen MR) is 130 cm³/mol. The summed E-state index contributed by atoms with van der Waals surface area (Å²) in [6.07, 6.45) is 1.68. The van der Waals surface area contributed by atoms with Gasteiger partial charge in [-0.25, -0.2) is 4.79 Å². The molecular formula is C27H32N2O6. The van der Waals surface area contributed by atoms with Gasteiger partial charge in [-0.1, -0.05) is 55.0 Å². The standard InChI is InChI=1S/C27H32N2O6/c1-27(16-34-2,25(32)28-18-9-7-8-17(14-18)24(30)31)29-26(33)35-15-23-21-12-5-3-10-19(21)20-11-4-6-13-22(20)23/h3-6,10-13,17-18,23H,7-9,14-16H2,1-2H3,(H,28,32)(H,29,33)(H,30,31). The first-order valence-corrected chi connectivity index (χ1v) is 12.0. The molecule has 0 bridgehead atoms. The Hall–Kier alpha value is -3.39. The third-order valence-corrected chi connectivity index (χ3v) is 7.01. The van der Waals surface area contributed by atoms with Gasteiger partial charge in [0, 0.05) is 19.1 Å². The molecule has 0 saturated heterocycles. The van der Waals surface area contributed by atoms with Crippen molar-refractivity contribution in [3.05, 3.63) is 59.7 Å². The zero-order valence-electron chi connectivity index (χ0n) is 20.1. The van der Waals surface area contributed by atoms with E-state index in [0.717, 1.165) is 28.7 Å². The number of fused-ring (bicyclic) bond motifs is 3. The van der Waals surface area contributed by atoms with Crippen LogP contribution >= 0.6 is 0 Å². The molecule has 0 aromatic heterocycles. The highest BCUT2D eigenvalue weighted by atomic mass is 16.5. The first-order valence-electron chi connectivity index (χ1n) is 12.0.